The molecule has 1 unspecified atom stereocenters. The van der Waals surface area contributed by atoms with Crippen molar-refractivity contribution in [2.75, 3.05) is 13.2 Å². The first-order chi connectivity index (χ1) is 20.8. The zero-order valence-electron chi connectivity index (χ0n) is 26.0. The molecule has 44 heavy (non-hydrogen) atoms. The fourth-order valence-corrected chi connectivity index (χ4v) is 8.33. The SMILES string of the molecule is CC1=C(CCc2ccoc2)[C@@]2(C)CCC(O[C@@H]3O[C@H](CO)[C@@H](O)[C@H](O)[C@H]3O[C@@H]3O[C@H](CO)[C@@H](O)[C@H](O)[C@H]3O)C(C)(C)[C@@H]2CC1. The molecule has 0 bridgehead atoms. The zero-order valence-corrected chi connectivity index (χ0v) is 26.0. The molecule has 250 valence electrons. The quantitative estimate of drug-likeness (QED) is 0.191. The van der Waals surface area contributed by atoms with E-state index in [2.05, 4.69) is 27.7 Å². The van der Waals surface area contributed by atoms with Gasteiger partial charge in [0, 0.05) is 0 Å². The van der Waals surface area contributed by atoms with Crippen molar-refractivity contribution >= 4 is 0 Å². The number of aryl methyl sites for hydroxylation is 1. The first-order valence-corrected chi connectivity index (χ1v) is 15.8. The number of aliphatic hydroxyl groups is 7. The Morgan fingerprint density at radius 2 is 1.48 bits per heavy atom. The molecule has 2 saturated heterocycles. The Labute approximate surface area is 258 Å². The average molecular weight is 627 g/mol. The van der Waals surface area contributed by atoms with E-state index < -0.39 is 74.6 Å². The third kappa shape index (κ3) is 6.16. The minimum absolute atomic E-state index is 0.0432. The lowest BCUT2D eigenvalue weighted by molar-refractivity contribution is -0.377. The van der Waals surface area contributed by atoms with Crippen LogP contribution >= 0.6 is 0 Å². The number of allylic oxidation sites excluding steroid dienone is 2. The van der Waals surface area contributed by atoms with Crippen molar-refractivity contribution in [3.05, 3.63) is 35.3 Å². The molecule has 13 atom stereocenters. The highest BCUT2D eigenvalue weighted by Crippen LogP contribution is 2.61. The molecule has 2 aliphatic carbocycles. The summed E-state index contributed by atoms with van der Waals surface area (Å²) in [5, 5.41) is 72.3. The van der Waals surface area contributed by atoms with Gasteiger partial charge in [-0.15, -0.1) is 0 Å². The highest BCUT2D eigenvalue weighted by atomic mass is 16.8. The van der Waals surface area contributed by atoms with Gasteiger partial charge in [0.1, 0.15) is 48.8 Å². The number of fused-ring (bicyclic) bond motifs is 1. The fourth-order valence-electron chi connectivity index (χ4n) is 8.33. The van der Waals surface area contributed by atoms with Gasteiger partial charge in [-0.2, -0.15) is 0 Å². The van der Waals surface area contributed by atoms with E-state index in [1.165, 1.54) is 16.7 Å². The Bertz CT molecular complexity index is 1120. The molecule has 0 spiro atoms. The molecule has 1 aromatic rings. The van der Waals surface area contributed by atoms with Crippen molar-refractivity contribution < 1.29 is 59.1 Å². The maximum Gasteiger partial charge on any atom is 0.187 e. The summed E-state index contributed by atoms with van der Waals surface area (Å²) in [6.07, 6.45) is -6.26. The molecule has 0 aromatic carbocycles. The van der Waals surface area contributed by atoms with Gasteiger partial charge >= 0.3 is 0 Å². The van der Waals surface area contributed by atoms with Crippen LogP contribution in [0, 0.1) is 16.7 Å². The molecular formula is C32H50O12. The Balaban J connectivity index is 1.36. The number of aliphatic hydroxyl groups excluding tert-OH is 7. The molecular weight excluding hydrogens is 576 g/mol. The molecule has 0 amide bonds. The third-order valence-electron chi connectivity index (χ3n) is 10.9. The number of rotatable bonds is 9. The van der Waals surface area contributed by atoms with E-state index >= 15 is 0 Å². The third-order valence-corrected chi connectivity index (χ3v) is 10.9. The van der Waals surface area contributed by atoms with E-state index in [-0.39, 0.29) is 22.9 Å². The molecule has 12 nitrogen and oxygen atoms in total. The van der Waals surface area contributed by atoms with E-state index in [1.54, 1.807) is 12.5 Å². The largest absolute Gasteiger partial charge is 0.472 e. The first kappa shape index (κ1) is 33.9. The summed E-state index contributed by atoms with van der Waals surface area (Å²) in [7, 11) is 0. The van der Waals surface area contributed by atoms with Crippen molar-refractivity contribution in [1.29, 1.82) is 0 Å². The lowest BCUT2D eigenvalue weighted by Gasteiger charge is -2.58. The van der Waals surface area contributed by atoms with Crippen LogP contribution in [0.25, 0.3) is 0 Å². The van der Waals surface area contributed by atoms with Gasteiger partial charge in [-0.05, 0) is 73.8 Å². The average Bonchev–Trinajstić information content (AvgIpc) is 3.51. The predicted molar refractivity (Wildman–Crippen MR) is 155 cm³/mol. The van der Waals surface area contributed by atoms with Crippen LogP contribution in [-0.2, 0) is 25.4 Å². The van der Waals surface area contributed by atoms with E-state index in [0.717, 1.165) is 32.1 Å². The van der Waals surface area contributed by atoms with Crippen molar-refractivity contribution in [3.8, 4) is 0 Å². The van der Waals surface area contributed by atoms with Crippen LogP contribution in [0.2, 0.25) is 0 Å². The van der Waals surface area contributed by atoms with Crippen LogP contribution in [0.15, 0.2) is 34.2 Å². The van der Waals surface area contributed by atoms with Crippen molar-refractivity contribution in [3.63, 3.8) is 0 Å². The predicted octanol–water partition coefficient (Wildman–Crippen LogP) is 0.774. The summed E-state index contributed by atoms with van der Waals surface area (Å²) in [6, 6.07) is 2.00. The molecule has 2 aliphatic heterocycles. The molecule has 4 aliphatic rings. The monoisotopic (exact) mass is 626 g/mol. The topological polar surface area (TPSA) is 192 Å². The summed E-state index contributed by atoms with van der Waals surface area (Å²) in [4.78, 5) is 0. The van der Waals surface area contributed by atoms with Crippen LogP contribution in [0.4, 0.5) is 0 Å². The van der Waals surface area contributed by atoms with Crippen molar-refractivity contribution in [1.82, 2.24) is 0 Å². The smallest absolute Gasteiger partial charge is 0.187 e. The van der Waals surface area contributed by atoms with Gasteiger partial charge in [0.15, 0.2) is 12.6 Å². The van der Waals surface area contributed by atoms with Gasteiger partial charge < -0.3 is 59.1 Å². The summed E-state index contributed by atoms with van der Waals surface area (Å²) in [5.41, 5.74) is 3.71. The maximum atomic E-state index is 11.1. The Hall–Kier alpha value is -1.42. The summed E-state index contributed by atoms with van der Waals surface area (Å²) in [6.45, 7) is 7.72. The number of hydrogen-bond acceptors (Lipinski definition) is 12. The van der Waals surface area contributed by atoms with Crippen molar-refractivity contribution in [2.45, 2.75) is 134 Å². The lowest BCUT2D eigenvalue weighted by atomic mass is 9.49. The number of ether oxygens (including phenoxy) is 4. The van der Waals surface area contributed by atoms with Gasteiger partial charge in [0.25, 0.3) is 0 Å². The summed E-state index contributed by atoms with van der Waals surface area (Å²) < 4.78 is 29.3. The molecule has 12 heteroatoms. The van der Waals surface area contributed by atoms with Crippen LogP contribution in [0.5, 0.6) is 0 Å². The van der Waals surface area contributed by atoms with Crippen LogP contribution in [-0.4, -0.2) is 116 Å². The molecule has 3 heterocycles. The van der Waals surface area contributed by atoms with Gasteiger partial charge in [0.05, 0.1) is 31.8 Å². The van der Waals surface area contributed by atoms with Gasteiger partial charge in [-0.25, -0.2) is 0 Å². The highest BCUT2D eigenvalue weighted by Gasteiger charge is 2.57. The minimum atomic E-state index is -1.72. The zero-order chi connectivity index (χ0) is 32.0. The lowest BCUT2D eigenvalue weighted by Crippen LogP contribution is -2.65. The molecule has 1 saturated carbocycles. The number of hydrogen-bond donors (Lipinski definition) is 7. The molecule has 3 fully saturated rings. The first-order valence-electron chi connectivity index (χ1n) is 15.8. The molecule has 7 N–H and O–H groups in total. The summed E-state index contributed by atoms with van der Waals surface area (Å²) in [5.74, 6) is 0.273. The normalized spacial score (nSPS) is 44.4. The maximum absolute atomic E-state index is 11.1. The fraction of sp³-hybridized carbons (Fsp3) is 0.812. The van der Waals surface area contributed by atoms with Crippen LogP contribution in [0.3, 0.4) is 0 Å². The van der Waals surface area contributed by atoms with Crippen molar-refractivity contribution in [2.24, 2.45) is 16.7 Å². The molecule has 0 radical (unpaired) electrons. The van der Waals surface area contributed by atoms with E-state index in [4.69, 9.17) is 23.4 Å². The Morgan fingerprint density at radius 1 is 0.818 bits per heavy atom. The Kier molecular flexibility index (Phi) is 10.3. The summed E-state index contributed by atoms with van der Waals surface area (Å²) >= 11 is 0. The van der Waals surface area contributed by atoms with Crippen LogP contribution < -0.4 is 0 Å². The molecule has 5 rings (SSSR count). The van der Waals surface area contributed by atoms with Gasteiger partial charge in [-0.3, -0.25) is 0 Å². The molecule has 1 aromatic heterocycles. The second-order valence-electron chi connectivity index (χ2n) is 13.9. The van der Waals surface area contributed by atoms with Gasteiger partial charge in [0.2, 0.25) is 0 Å². The second kappa shape index (κ2) is 13.4. The van der Waals surface area contributed by atoms with E-state index in [0.29, 0.717) is 6.42 Å². The van der Waals surface area contributed by atoms with E-state index in [9.17, 15) is 35.7 Å². The second-order valence-corrected chi connectivity index (χ2v) is 13.9. The minimum Gasteiger partial charge on any atom is -0.472 e. The number of furan rings is 1. The standard InChI is InChI=1S/C32H50O12/c1-16-5-8-21-31(2,3)22(9-11-32(21,4)18(16)7-6-17-10-12-40-15-17)43-30-28(26(38)24(36)20(14-34)42-30)44-29-27(39)25(37)23(35)19(13-33)41-29/h10,12,15,19-30,33-39H,5-9,11,13-14H2,1-4H3/t19-,20-,21+,22?,23-,24-,25+,26+,27-,28-,29+,30+,32-/m1/s1. The Morgan fingerprint density at radius 3 is 2.11 bits per heavy atom. The van der Waals surface area contributed by atoms with E-state index in [1.807, 2.05) is 6.07 Å². The highest BCUT2D eigenvalue weighted by molar-refractivity contribution is 5.29. The van der Waals surface area contributed by atoms with Gasteiger partial charge in [-0.1, -0.05) is 31.9 Å². The van der Waals surface area contributed by atoms with Crippen LogP contribution in [0.1, 0.15) is 65.4 Å².